The zero-order chi connectivity index (χ0) is 25.7. The Morgan fingerprint density at radius 2 is 1.72 bits per heavy atom. The number of carbonyl (C=O) groups is 1. The van der Waals surface area contributed by atoms with E-state index >= 15 is 0 Å². The van der Waals surface area contributed by atoms with E-state index in [0.717, 1.165) is 10.5 Å². The fraction of sp³-hybridized carbons (Fsp3) is 0.192. The van der Waals surface area contributed by atoms with Crippen LogP contribution in [0.15, 0.2) is 93.1 Å². The number of rotatable bonds is 9. The molecule has 1 amide bonds. The summed E-state index contributed by atoms with van der Waals surface area (Å²) in [7, 11) is -3.79. The number of amides is 1. The Morgan fingerprint density at radius 1 is 1.00 bits per heavy atom. The molecule has 1 heterocycles. The zero-order valence-corrected chi connectivity index (χ0v) is 21.7. The molecule has 0 saturated heterocycles. The fourth-order valence-corrected chi connectivity index (χ4v) is 5.90. The Hall–Kier alpha value is -3.63. The molecule has 4 rings (SSSR count). The van der Waals surface area contributed by atoms with E-state index in [-0.39, 0.29) is 23.0 Å². The quantitative estimate of drug-likeness (QED) is 0.281. The van der Waals surface area contributed by atoms with Crippen LogP contribution in [0.4, 0.5) is 11.7 Å². The van der Waals surface area contributed by atoms with Crippen LogP contribution in [-0.4, -0.2) is 36.3 Å². The lowest BCUT2D eigenvalue weighted by molar-refractivity contribution is 0.102. The van der Waals surface area contributed by atoms with Gasteiger partial charge in [0.2, 0.25) is 5.89 Å². The number of hydrogen-bond acceptors (Lipinski definition) is 7. The van der Waals surface area contributed by atoms with E-state index in [1.165, 1.54) is 28.6 Å². The van der Waals surface area contributed by atoms with Crippen molar-refractivity contribution in [1.29, 1.82) is 0 Å². The molecule has 36 heavy (non-hydrogen) atoms. The van der Waals surface area contributed by atoms with E-state index in [1.54, 1.807) is 43.0 Å². The van der Waals surface area contributed by atoms with Gasteiger partial charge in [-0.3, -0.25) is 14.4 Å². The van der Waals surface area contributed by atoms with Crippen molar-refractivity contribution in [2.24, 2.45) is 0 Å². The minimum Gasteiger partial charge on any atom is -0.403 e. The molecule has 0 aliphatic carbocycles. The lowest BCUT2D eigenvalue weighted by Gasteiger charge is -2.22. The molecule has 10 heteroatoms. The van der Waals surface area contributed by atoms with E-state index < -0.39 is 15.9 Å². The summed E-state index contributed by atoms with van der Waals surface area (Å²) in [5, 5.41) is 10.9. The molecule has 0 aliphatic rings. The Kier molecular flexibility index (Phi) is 7.76. The number of nitrogens with one attached hydrogen (secondary N) is 1. The fourth-order valence-electron chi connectivity index (χ4n) is 3.53. The van der Waals surface area contributed by atoms with Crippen LogP contribution in [0.3, 0.4) is 0 Å². The van der Waals surface area contributed by atoms with Crippen molar-refractivity contribution in [3.8, 4) is 11.5 Å². The first-order valence-electron chi connectivity index (χ1n) is 11.4. The standard InChI is InChI=1S/C26H26N4O4S2/c1-4-30(21-10-6-5-7-11-21)36(32,33)23-15-13-19(14-16-23)24(31)27-26-29-28-25(34-26)20-9-8-12-22(17-20)35-18(2)3/h5-18H,4H2,1-3H3,(H,27,29,31). The molecule has 0 atom stereocenters. The van der Waals surface area contributed by atoms with Crippen LogP contribution < -0.4 is 9.62 Å². The lowest BCUT2D eigenvalue weighted by Crippen LogP contribution is -2.30. The highest BCUT2D eigenvalue weighted by Gasteiger charge is 2.24. The van der Waals surface area contributed by atoms with Gasteiger partial charge in [0.05, 0.1) is 10.6 Å². The molecule has 3 aromatic carbocycles. The van der Waals surface area contributed by atoms with Crippen LogP contribution in [0.25, 0.3) is 11.5 Å². The van der Waals surface area contributed by atoms with E-state index in [0.29, 0.717) is 16.8 Å². The number of aromatic nitrogens is 2. The molecule has 0 unspecified atom stereocenters. The molecule has 0 bridgehead atoms. The van der Waals surface area contributed by atoms with Crippen LogP contribution in [0.2, 0.25) is 0 Å². The molecule has 186 valence electrons. The van der Waals surface area contributed by atoms with Gasteiger partial charge in [-0.25, -0.2) is 8.42 Å². The molecule has 0 fully saturated rings. The van der Waals surface area contributed by atoms with Gasteiger partial charge in [-0.1, -0.05) is 43.2 Å². The maximum Gasteiger partial charge on any atom is 0.322 e. The molecular weight excluding hydrogens is 496 g/mol. The summed E-state index contributed by atoms with van der Waals surface area (Å²) in [5.74, 6) is -0.202. The van der Waals surface area contributed by atoms with Crippen LogP contribution in [-0.2, 0) is 10.0 Å². The zero-order valence-electron chi connectivity index (χ0n) is 20.1. The smallest absolute Gasteiger partial charge is 0.322 e. The van der Waals surface area contributed by atoms with Gasteiger partial charge in [0, 0.05) is 27.8 Å². The van der Waals surface area contributed by atoms with E-state index in [1.807, 2.05) is 30.3 Å². The first kappa shape index (κ1) is 25.5. The Balaban J connectivity index is 1.47. The van der Waals surface area contributed by atoms with Gasteiger partial charge in [0.25, 0.3) is 15.9 Å². The third kappa shape index (κ3) is 5.77. The van der Waals surface area contributed by atoms with Crippen molar-refractivity contribution in [3.05, 3.63) is 84.4 Å². The molecule has 0 saturated carbocycles. The summed E-state index contributed by atoms with van der Waals surface area (Å²) in [5.41, 5.74) is 1.58. The Bertz CT molecular complexity index is 1440. The number of anilines is 2. The molecule has 0 radical (unpaired) electrons. The van der Waals surface area contributed by atoms with Crippen molar-refractivity contribution in [2.75, 3.05) is 16.2 Å². The van der Waals surface area contributed by atoms with E-state index in [9.17, 15) is 13.2 Å². The van der Waals surface area contributed by atoms with Crippen molar-refractivity contribution < 1.29 is 17.6 Å². The van der Waals surface area contributed by atoms with Crippen molar-refractivity contribution in [3.63, 3.8) is 0 Å². The maximum atomic E-state index is 13.1. The highest BCUT2D eigenvalue weighted by atomic mass is 32.2. The summed E-state index contributed by atoms with van der Waals surface area (Å²) in [6.45, 7) is 6.27. The van der Waals surface area contributed by atoms with Crippen LogP contribution in [0, 0.1) is 0 Å². The van der Waals surface area contributed by atoms with Gasteiger partial charge >= 0.3 is 6.01 Å². The second-order valence-corrected chi connectivity index (χ2v) is 11.6. The summed E-state index contributed by atoms with van der Waals surface area (Å²) in [6, 6.07) is 22.3. The van der Waals surface area contributed by atoms with Gasteiger partial charge in [-0.05, 0) is 61.5 Å². The van der Waals surface area contributed by atoms with Gasteiger partial charge in [-0.2, -0.15) is 0 Å². The number of thioether (sulfide) groups is 1. The van der Waals surface area contributed by atoms with Crippen molar-refractivity contribution >= 4 is 39.4 Å². The molecule has 1 N–H and O–H groups in total. The maximum absolute atomic E-state index is 13.1. The monoisotopic (exact) mass is 522 g/mol. The number of nitrogens with zero attached hydrogens (tertiary/aromatic N) is 3. The minimum atomic E-state index is -3.79. The molecule has 0 spiro atoms. The van der Waals surface area contributed by atoms with Crippen LogP contribution in [0.1, 0.15) is 31.1 Å². The number of hydrogen-bond donors (Lipinski definition) is 1. The summed E-state index contributed by atoms with van der Waals surface area (Å²) >= 11 is 1.72. The topological polar surface area (TPSA) is 105 Å². The van der Waals surface area contributed by atoms with Crippen LogP contribution >= 0.6 is 11.8 Å². The summed E-state index contributed by atoms with van der Waals surface area (Å²) in [4.78, 5) is 13.9. The molecule has 0 aliphatic heterocycles. The Morgan fingerprint density at radius 3 is 2.39 bits per heavy atom. The third-order valence-electron chi connectivity index (χ3n) is 5.13. The number of sulfonamides is 1. The average molecular weight is 523 g/mol. The van der Waals surface area contributed by atoms with Crippen LogP contribution in [0.5, 0.6) is 0 Å². The van der Waals surface area contributed by atoms with E-state index in [2.05, 4.69) is 29.4 Å². The second kappa shape index (κ2) is 11.0. The lowest BCUT2D eigenvalue weighted by atomic mass is 10.2. The van der Waals surface area contributed by atoms with Gasteiger partial charge < -0.3 is 4.42 Å². The Labute approximate surface area is 214 Å². The molecule has 8 nitrogen and oxygen atoms in total. The van der Waals surface area contributed by atoms with Crippen molar-refractivity contribution in [2.45, 2.75) is 35.8 Å². The van der Waals surface area contributed by atoms with Crippen molar-refractivity contribution in [1.82, 2.24) is 10.2 Å². The molecule has 1 aromatic heterocycles. The molecular formula is C26H26N4O4S2. The number of benzene rings is 3. The van der Waals surface area contributed by atoms with Gasteiger partial charge in [0.15, 0.2) is 0 Å². The predicted molar refractivity (Wildman–Crippen MR) is 142 cm³/mol. The average Bonchev–Trinajstić information content (AvgIpc) is 3.33. The number of para-hydroxylation sites is 1. The third-order valence-corrected chi connectivity index (χ3v) is 8.05. The normalized spacial score (nSPS) is 11.4. The predicted octanol–water partition coefficient (Wildman–Crippen LogP) is 5.70. The minimum absolute atomic E-state index is 0.0464. The highest BCUT2D eigenvalue weighted by Crippen LogP contribution is 2.28. The molecule has 4 aromatic rings. The first-order valence-corrected chi connectivity index (χ1v) is 13.7. The van der Waals surface area contributed by atoms with Gasteiger partial charge in [0.1, 0.15) is 0 Å². The largest absolute Gasteiger partial charge is 0.403 e. The summed E-state index contributed by atoms with van der Waals surface area (Å²) < 4.78 is 33.2. The van der Waals surface area contributed by atoms with E-state index in [4.69, 9.17) is 4.42 Å². The first-order chi connectivity index (χ1) is 17.3. The van der Waals surface area contributed by atoms with Gasteiger partial charge in [-0.15, -0.1) is 16.9 Å². The second-order valence-electron chi connectivity index (χ2n) is 8.09. The number of carbonyl (C=O) groups excluding carboxylic acids is 1. The highest BCUT2D eigenvalue weighted by molar-refractivity contribution is 7.99. The SMILES string of the molecule is CCN(c1ccccc1)S(=O)(=O)c1ccc(C(=O)Nc2nnc(-c3cccc(SC(C)C)c3)o2)cc1. The summed E-state index contributed by atoms with van der Waals surface area (Å²) in [6.07, 6.45) is 0.